The number of aliphatic carboxylic acids is 1. The first-order valence-electron chi connectivity index (χ1n) is 4.66. The Labute approximate surface area is 102 Å². The van der Waals surface area contributed by atoms with Crippen LogP contribution in [0.3, 0.4) is 0 Å². The molecule has 0 heterocycles. The predicted octanol–water partition coefficient (Wildman–Crippen LogP) is 2.45. The normalized spacial score (nSPS) is 14.9. The van der Waals surface area contributed by atoms with Gasteiger partial charge in [-0.3, -0.25) is 4.90 Å². The van der Waals surface area contributed by atoms with Gasteiger partial charge in [-0.15, -0.1) is 0 Å². The Morgan fingerprint density at radius 3 is 2.44 bits per heavy atom. The monoisotopic (exact) mass is 289 g/mol. The molecule has 0 amide bonds. The van der Waals surface area contributed by atoms with Gasteiger partial charge in [0, 0.05) is 0 Å². The average molecular weight is 290 g/mol. The lowest BCUT2D eigenvalue weighted by molar-refractivity contribution is -0.149. The second-order valence-corrected chi connectivity index (χ2v) is 4.76. The smallest absolute Gasteiger partial charge is 0.328 e. The molecule has 1 rings (SSSR count). The van der Waals surface area contributed by atoms with Gasteiger partial charge < -0.3 is 5.11 Å². The molecule has 0 aliphatic carbocycles. The Balaban J connectivity index is 3.33. The highest BCUT2D eigenvalue weighted by Crippen LogP contribution is 2.29. The molecule has 0 spiro atoms. The summed E-state index contributed by atoms with van der Waals surface area (Å²) in [6.45, 7) is 1.58. The Bertz CT molecular complexity index is 422. The molecule has 88 valence electrons. The van der Waals surface area contributed by atoms with Gasteiger partial charge in [0.2, 0.25) is 0 Å². The van der Waals surface area contributed by atoms with Crippen LogP contribution in [0.2, 0.25) is 0 Å². The summed E-state index contributed by atoms with van der Waals surface area (Å²) < 4.78 is 13.3. The maximum Gasteiger partial charge on any atom is 0.328 e. The van der Waals surface area contributed by atoms with E-state index in [2.05, 4.69) is 15.9 Å². The molecule has 1 aromatic rings. The summed E-state index contributed by atoms with van der Waals surface area (Å²) in [5.74, 6) is -1.38. The highest BCUT2D eigenvalue weighted by Gasteiger charge is 2.37. The van der Waals surface area contributed by atoms with Crippen LogP contribution in [0.15, 0.2) is 22.7 Å². The molecule has 0 unspecified atom stereocenters. The van der Waals surface area contributed by atoms with Crippen molar-refractivity contribution in [1.29, 1.82) is 0 Å². The van der Waals surface area contributed by atoms with Gasteiger partial charge in [0.1, 0.15) is 11.4 Å². The van der Waals surface area contributed by atoms with Gasteiger partial charge in [0.05, 0.1) is 4.47 Å². The molecule has 1 aromatic carbocycles. The fraction of sp³-hybridized carbons (Fsp3) is 0.364. The molecule has 0 radical (unpaired) electrons. The average Bonchev–Trinajstić information content (AvgIpc) is 2.20. The van der Waals surface area contributed by atoms with Crippen LogP contribution in [0.1, 0.15) is 12.5 Å². The molecule has 0 aliphatic heterocycles. The van der Waals surface area contributed by atoms with Crippen molar-refractivity contribution in [3.63, 3.8) is 0 Å². The van der Waals surface area contributed by atoms with Crippen LogP contribution in [-0.2, 0) is 10.3 Å². The van der Waals surface area contributed by atoms with E-state index in [0.29, 0.717) is 5.56 Å². The number of likely N-dealkylation sites (N-methyl/N-ethyl adjacent to an activating group) is 1. The number of carbonyl (C=O) groups is 1. The predicted molar refractivity (Wildman–Crippen MR) is 62.8 cm³/mol. The zero-order chi connectivity index (χ0) is 12.5. The standard InChI is InChI=1S/C11H13BrFNO2/c1-11(10(15)16,14(2)3)7-4-5-9(13)8(12)6-7/h4-6H,1-3H3,(H,15,16)/t11-/m0/s1. The van der Waals surface area contributed by atoms with E-state index >= 15 is 0 Å². The Morgan fingerprint density at radius 1 is 1.50 bits per heavy atom. The first kappa shape index (κ1) is 13.1. The SMILES string of the molecule is CN(C)[C@](C)(C(=O)O)c1ccc(F)c(Br)c1. The van der Waals surface area contributed by atoms with E-state index in [1.807, 2.05) is 0 Å². The molecule has 0 aliphatic rings. The third kappa shape index (κ3) is 2.10. The lowest BCUT2D eigenvalue weighted by Crippen LogP contribution is -2.45. The Hall–Kier alpha value is -0.940. The molecule has 16 heavy (non-hydrogen) atoms. The summed E-state index contributed by atoms with van der Waals surface area (Å²) >= 11 is 3.05. The number of nitrogens with zero attached hydrogens (tertiary/aromatic N) is 1. The Kier molecular flexibility index (Phi) is 3.70. The van der Waals surface area contributed by atoms with E-state index in [4.69, 9.17) is 0 Å². The zero-order valence-corrected chi connectivity index (χ0v) is 10.9. The number of carboxylic acids is 1. The second kappa shape index (κ2) is 4.51. The summed E-state index contributed by atoms with van der Waals surface area (Å²) in [5.41, 5.74) is -0.644. The van der Waals surface area contributed by atoms with Crippen LogP contribution < -0.4 is 0 Å². The largest absolute Gasteiger partial charge is 0.480 e. The highest BCUT2D eigenvalue weighted by atomic mass is 79.9. The number of carboxylic acid groups (broad SMARTS) is 1. The molecule has 0 saturated heterocycles. The Morgan fingerprint density at radius 2 is 2.06 bits per heavy atom. The van der Waals surface area contributed by atoms with E-state index in [9.17, 15) is 14.3 Å². The first-order valence-corrected chi connectivity index (χ1v) is 5.45. The maximum atomic E-state index is 13.1. The van der Waals surface area contributed by atoms with E-state index in [1.165, 1.54) is 18.2 Å². The van der Waals surface area contributed by atoms with Crippen molar-refractivity contribution in [1.82, 2.24) is 4.90 Å². The topological polar surface area (TPSA) is 40.5 Å². The second-order valence-electron chi connectivity index (χ2n) is 3.90. The molecule has 1 atom stereocenters. The molecular formula is C11H13BrFNO2. The minimum atomic E-state index is -1.17. The molecular weight excluding hydrogens is 277 g/mol. The zero-order valence-electron chi connectivity index (χ0n) is 9.29. The van der Waals surface area contributed by atoms with Gasteiger partial charge >= 0.3 is 5.97 Å². The van der Waals surface area contributed by atoms with Gasteiger partial charge in [0.25, 0.3) is 0 Å². The van der Waals surface area contributed by atoms with Crippen molar-refractivity contribution in [3.8, 4) is 0 Å². The number of hydrogen-bond donors (Lipinski definition) is 1. The first-order chi connectivity index (χ1) is 7.30. The lowest BCUT2D eigenvalue weighted by Gasteiger charge is -2.32. The number of benzene rings is 1. The quantitative estimate of drug-likeness (QED) is 0.929. The lowest BCUT2D eigenvalue weighted by atomic mass is 9.91. The van der Waals surface area contributed by atoms with Gasteiger partial charge in [-0.25, -0.2) is 9.18 Å². The minimum absolute atomic E-state index is 0.263. The van der Waals surface area contributed by atoms with Crippen LogP contribution in [0.4, 0.5) is 4.39 Å². The van der Waals surface area contributed by atoms with E-state index in [-0.39, 0.29) is 4.47 Å². The van der Waals surface area contributed by atoms with Crippen molar-refractivity contribution in [2.45, 2.75) is 12.5 Å². The molecule has 0 fully saturated rings. The van der Waals surface area contributed by atoms with E-state index in [0.717, 1.165) is 0 Å². The molecule has 0 saturated carbocycles. The van der Waals surface area contributed by atoms with Crippen LogP contribution in [0.25, 0.3) is 0 Å². The highest BCUT2D eigenvalue weighted by molar-refractivity contribution is 9.10. The van der Waals surface area contributed by atoms with E-state index in [1.54, 1.807) is 25.9 Å². The number of rotatable bonds is 3. The fourth-order valence-corrected chi connectivity index (χ4v) is 1.75. The number of hydrogen-bond acceptors (Lipinski definition) is 2. The minimum Gasteiger partial charge on any atom is -0.480 e. The van der Waals surface area contributed by atoms with Crippen LogP contribution in [-0.4, -0.2) is 30.1 Å². The molecule has 5 heteroatoms. The van der Waals surface area contributed by atoms with Crippen molar-refractivity contribution >= 4 is 21.9 Å². The molecule has 0 aromatic heterocycles. The maximum absolute atomic E-state index is 13.1. The van der Waals surface area contributed by atoms with Gasteiger partial charge in [-0.1, -0.05) is 6.07 Å². The fourth-order valence-electron chi connectivity index (χ4n) is 1.37. The molecule has 0 bridgehead atoms. The van der Waals surface area contributed by atoms with Gasteiger partial charge in [0.15, 0.2) is 0 Å². The summed E-state index contributed by atoms with van der Waals surface area (Å²) in [7, 11) is 3.34. The van der Waals surface area contributed by atoms with Crippen molar-refractivity contribution < 1.29 is 14.3 Å². The van der Waals surface area contributed by atoms with Crippen molar-refractivity contribution in [3.05, 3.63) is 34.1 Å². The van der Waals surface area contributed by atoms with Crippen molar-refractivity contribution in [2.24, 2.45) is 0 Å². The third-order valence-electron chi connectivity index (χ3n) is 2.79. The summed E-state index contributed by atoms with van der Waals surface area (Å²) in [4.78, 5) is 12.9. The summed E-state index contributed by atoms with van der Waals surface area (Å²) in [6, 6.07) is 4.22. The summed E-state index contributed by atoms with van der Waals surface area (Å²) in [5, 5.41) is 9.27. The molecule has 3 nitrogen and oxygen atoms in total. The van der Waals surface area contributed by atoms with Crippen molar-refractivity contribution in [2.75, 3.05) is 14.1 Å². The number of halogens is 2. The third-order valence-corrected chi connectivity index (χ3v) is 3.40. The van der Waals surface area contributed by atoms with Crippen LogP contribution >= 0.6 is 15.9 Å². The van der Waals surface area contributed by atoms with Crippen LogP contribution in [0, 0.1) is 5.82 Å². The van der Waals surface area contributed by atoms with E-state index < -0.39 is 17.3 Å². The van der Waals surface area contributed by atoms with Gasteiger partial charge in [-0.2, -0.15) is 0 Å². The van der Waals surface area contributed by atoms with Gasteiger partial charge in [-0.05, 0) is 54.6 Å². The molecule has 1 N–H and O–H groups in total. The summed E-state index contributed by atoms with van der Waals surface area (Å²) in [6.07, 6.45) is 0. The van der Waals surface area contributed by atoms with Crippen LogP contribution in [0.5, 0.6) is 0 Å².